The maximum Gasteiger partial charge on any atom is 0.228 e. The number of carbonyl (C=O) groups excluding carboxylic acids is 1. The number of hydrogen-bond donors (Lipinski definition) is 0. The minimum Gasteiger partial charge on any atom is -0.368 e. The molecule has 0 unspecified atom stereocenters. The predicted octanol–water partition coefficient (Wildman–Crippen LogP) is 2.00. The molecule has 2 atom stereocenters. The lowest BCUT2D eigenvalue weighted by atomic mass is 10.2. The molecule has 3 rings (SSSR count). The van der Waals surface area contributed by atoms with Crippen molar-refractivity contribution in [2.75, 3.05) is 31.1 Å². The van der Waals surface area contributed by atoms with E-state index < -0.39 is 6.17 Å². The minimum absolute atomic E-state index is 0.0102. The van der Waals surface area contributed by atoms with Gasteiger partial charge in [-0.1, -0.05) is 17.7 Å². The van der Waals surface area contributed by atoms with Gasteiger partial charge in [0.15, 0.2) is 0 Å². The van der Waals surface area contributed by atoms with Crippen LogP contribution < -0.4 is 4.90 Å². The van der Waals surface area contributed by atoms with E-state index in [4.69, 9.17) is 0 Å². The molecule has 0 N–H and O–H groups in total. The highest BCUT2D eigenvalue weighted by Crippen LogP contribution is 2.35. The third kappa shape index (κ3) is 2.57. The van der Waals surface area contributed by atoms with Crippen LogP contribution in [0.2, 0.25) is 0 Å². The molecular weight excluding hydrogens is 243 g/mol. The molecule has 1 aliphatic heterocycles. The molecule has 2 fully saturated rings. The van der Waals surface area contributed by atoms with E-state index in [2.05, 4.69) is 36.1 Å². The van der Waals surface area contributed by atoms with Gasteiger partial charge in [-0.15, -0.1) is 0 Å². The van der Waals surface area contributed by atoms with E-state index in [1.165, 1.54) is 11.3 Å². The van der Waals surface area contributed by atoms with Gasteiger partial charge in [-0.3, -0.25) is 4.79 Å². The van der Waals surface area contributed by atoms with E-state index in [-0.39, 0.29) is 11.8 Å². The van der Waals surface area contributed by atoms with Gasteiger partial charge in [0.1, 0.15) is 6.17 Å². The maximum atomic E-state index is 12.9. The number of anilines is 1. The van der Waals surface area contributed by atoms with Crippen LogP contribution in [0.5, 0.6) is 0 Å². The number of carbonyl (C=O) groups is 1. The predicted molar refractivity (Wildman–Crippen MR) is 73.0 cm³/mol. The second-order valence-electron chi connectivity index (χ2n) is 5.51. The van der Waals surface area contributed by atoms with Crippen LogP contribution in [0.4, 0.5) is 10.1 Å². The van der Waals surface area contributed by atoms with E-state index >= 15 is 0 Å². The average molecular weight is 262 g/mol. The maximum absolute atomic E-state index is 12.9. The van der Waals surface area contributed by atoms with E-state index in [1.54, 1.807) is 0 Å². The molecule has 0 bridgehead atoms. The first kappa shape index (κ1) is 12.5. The van der Waals surface area contributed by atoms with Gasteiger partial charge in [0.05, 0.1) is 5.92 Å². The zero-order chi connectivity index (χ0) is 13.4. The summed E-state index contributed by atoms with van der Waals surface area (Å²) >= 11 is 0. The molecule has 102 valence electrons. The average Bonchev–Trinajstić information content (AvgIpc) is 3.16. The van der Waals surface area contributed by atoms with Crippen molar-refractivity contribution < 1.29 is 9.18 Å². The van der Waals surface area contributed by atoms with Gasteiger partial charge in [0.2, 0.25) is 5.91 Å². The lowest BCUT2D eigenvalue weighted by molar-refractivity contribution is -0.133. The summed E-state index contributed by atoms with van der Waals surface area (Å²) in [5.74, 6) is -0.331. The van der Waals surface area contributed by atoms with Crippen LogP contribution in [-0.4, -0.2) is 43.2 Å². The Kier molecular flexibility index (Phi) is 3.17. The van der Waals surface area contributed by atoms with Gasteiger partial charge in [-0.2, -0.15) is 0 Å². The van der Waals surface area contributed by atoms with Crippen molar-refractivity contribution in [1.82, 2.24) is 4.90 Å². The smallest absolute Gasteiger partial charge is 0.228 e. The summed E-state index contributed by atoms with van der Waals surface area (Å²) in [6, 6.07) is 8.44. The number of amides is 1. The molecule has 1 amide bonds. The van der Waals surface area contributed by atoms with E-state index in [0.717, 1.165) is 13.1 Å². The normalized spacial score (nSPS) is 26.4. The highest BCUT2D eigenvalue weighted by molar-refractivity contribution is 5.82. The molecule has 1 aliphatic carbocycles. The number of halogens is 1. The van der Waals surface area contributed by atoms with Crippen LogP contribution in [0.1, 0.15) is 12.0 Å². The third-order valence-corrected chi connectivity index (χ3v) is 4.02. The lowest BCUT2D eigenvalue weighted by Crippen LogP contribution is -2.49. The number of aryl methyl sites for hydroxylation is 1. The second kappa shape index (κ2) is 4.83. The highest BCUT2D eigenvalue weighted by Gasteiger charge is 2.45. The molecule has 19 heavy (non-hydrogen) atoms. The highest BCUT2D eigenvalue weighted by atomic mass is 19.1. The van der Waals surface area contributed by atoms with Crippen molar-refractivity contribution in [2.45, 2.75) is 19.5 Å². The Balaban J connectivity index is 1.57. The summed E-state index contributed by atoms with van der Waals surface area (Å²) in [6.45, 7) is 5.15. The number of benzene rings is 1. The zero-order valence-electron chi connectivity index (χ0n) is 11.2. The van der Waals surface area contributed by atoms with E-state index in [0.29, 0.717) is 19.5 Å². The van der Waals surface area contributed by atoms with Crippen LogP contribution >= 0.6 is 0 Å². The number of hydrogen-bond acceptors (Lipinski definition) is 2. The summed E-state index contributed by atoms with van der Waals surface area (Å²) < 4.78 is 12.9. The first-order valence-electron chi connectivity index (χ1n) is 6.89. The molecule has 0 aromatic heterocycles. The fourth-order valence-corrected chi connectivity index (χ4v) is 2.59. The molecule has 4 heteroatoms. The lowest BCUT2D eigenvalue weighted by Gasteiger charge is -2.36. The van der Waals surface area contributed by atoms with Gasteiger partial charge >= 0.3 is 0 Å². The minimum atomic E-state index is -0.886. The fraction of sp³-hybridized carbons (Fsp3) is 0.533. The van der Waals surface area contributed by atoms with E-state index in [9.17, 15) is 9.18 Å². The summed E-state index contributed by atoms with van der Waals surface area (Å²) in [5.41, 5.74) is 2.45. The molecular formula is C15H19FN2O. The number of rotatable bonds is 2. The number of nitrogens with zero attached hydrogens (tertiary/aromatic N) is 2. The zero-order valence-corrected chi connectivity index (χ0v) is 11.2. The van der Waals surface area contributed by atoms with Gasteiger partial charge in [0.25, 0.3) is 0 Å². The summed E-state index contributed by atoms with van der Waals surface area (Å²) in [7, 11) is 0. The monoisotopic (exact) mass is 262 g/mol. The van der Waals surface area contributed by atoms with Crippen molar-refractivity contribution in [3.05, 3.63) is 29.8 Å². The number of piperazine rings is 1. The van der Waals surface area contributed by atoms with Crippen molar-refractivity contribution in [2.24, 2.45) is 5.92 Å². The van der Waals surface area contributed by atoms with Crippen LogP contribution in [0.25, 0.3) is 0 Å². The molecule has 1 saturated heterocycles. The quantitative estimate of drug-likeness (QED) is 0.814. The fourth-order valence-electron chi connectivity index (χ4n) is 2.59. The van der Waals surface area contributed by atoms with Gasteiger partial charge < -0.3 is 9.80 Å². The van der Waals surface area contributed by atoms with Crippen LogP contribution in [-0.2, 0) is 4.79 Å². The molecule has 1 aromatic rings. The van der Waals surface area contributed by atoms with Crippen molar-refractivity contribution in [1.29, 1.82) is 0 Å². The Bertz CT molecular complexity index is 466. The molecule has 2 aliphatic rings. The van der Waals surface area contributed by atoms with E-state index in [1.807, 2.05) is 4.90 Å². The summed E-state index contributed by atoms with van der Waals surface area (Å²) in [6.07, 6.45) is -0.459. The molecule has 1 heterocycles. The first-order chi connectivity index (χ1) is 9.15. The Morgan fingerprint density at radius 2 is 1.74 bits per heavy atom. The molecule has 0 radical (unpaired) electrons. The first-order valence-corrected chi connectivity index (χ1v) is 6.89. The van der Waals surface area contributed by atoms with Crippen molar-refractivity contribution in [3.8, 4) is 0 Å². The number of alkyl halides is 1. The topological polar surface area (TPSA) is 23.6 Å². The molecule has 1 saturated carbocycles. The Morgan fingerprint density at radius 1 is 1.16 bits per heavy atom. The SMILES string of the molecule is Cc1ccc(N2CCN(C(=O)[C@@H]3C[C@@H]3F)CC2)cc1. The van der Waals surface area contributed by atoms with Crippen LogP contribution in [0.3, 0.4) is 0 Å². The van der Waals surface area contributed by atoms with Crippen LogP contribution in [0.15, 0.2) is 24.3 Å². The Hall–Kier alpha value is -1.58. The Morgan fingerprint density at radius 3 is 2.26 bits per heavy atom. The third-order valence-electron chi connectivity index (χ3n) is 4.02. The summed E-state index contributed by atoms with van der Waals surface area (Å²) in [4.78, 5) is 16.0. The van der Waals surface area contributed by atoms with Gasteiger partial charge in [-0.25, -0.2) is 4.39 Å². The molecule has 1 aromatic carbocycles. The van der Waals surface area contributed by atoms with Gasteiger partial charge in [-0.05, 0) is 25.5 Å². The van der Waals surface area contributed by atoms with Crippen LogP contribution in [0, 0.1) is 12.8 Å². The van der Waals surface area contributed by atoms with Crippen molar-refractivity contribution in [3.63, 3.8) is 0 Å². The van der Waals surface area contributed by atoms with Crippen molar-refractivity contribution >= 4 is 11.6 Å². The Labute approximate surface area is 113 Å². The van der Waals surface area contributed by atoms with Gasteiger partial charge in [0, 0.05) is 31.9 Å². The second-order valence-corrected chi connectivity index (χ2v) is 5.51. The molecule has 3 nitrogen and oxygen atoms in total. The molecule has 0 spiro atoms. The largest absolute Gasteiger partial charge is 0.368 e. The standard InChI is InChI=1S/C15H19FN2O/c1-11-2-4-12(5-3-11)17-6-8-18(9-7-17)15(19)13-10-14(13)16/h2-5,13-14H,6-10H2,1H3/t13-,14+/m1/s1. The summed E-state index contributed by atoms with van der Waals surface area (Å²) in [5, 5.41) is 0.